The summed E-state index contributed by atoms with van der Waals surface area (Å²) >= 11 is 3.66. The van der Waals surface area contributed by atoms with Gasteiger partial charge in [-0.2, -0.15) is 0 Å². The molecule has 0 aliphatic heterocycles. The Morgan fingerprint density at radius 2 is 2.18 bits per heavy atom. The molecule has 0 bridgehead atoms. The fourth-order valence-corrected chi connectivity index (χ4v) is 3.20. The number of hydrogen-bond donors (Lipinski definition) is 1. The van der Waals surface area contributed by atoms with Crippen LogP contribution in [-0.4, -0.2) is 6.04 Å². The number of halogens is 1. The lowest BCUT2D eigenvalue weighted by Gasteiger charge is -2.25. The van der Waals surface area contributed by atoms with Gasteiger partial charge in [-0.1, -0.05) is 48.3 Å². The third kappa shape index (κ3) is 2.74. The molecule has 3 unspecified atom stereocenters. The summed E-state index contributed by atoms with van der Waals surface area (Å²) in [6, 6.07) is 7.71. The van der Waals surface area contributed by atoms with E-state index >= 15 is 0 Å². The molecule has 1 aromatic carbocycles. The molecular weight excluding hydrogens is 274 g/mol. The summed E-state index contributed by atoms with van der Waals surface area (Å²) in [6.07, 6.45) is 3.67. The predicted octanol–water partition coefficient (Wildman–Crippen LogP) is 4.46. The van der Waals surface area contributed by atoms with Gasteiger partial charge in [0.2, 0.25) is 0 Å². The van der Waals surface area contributed by atoms with Gasteiger partial charge in [-0.15, -0.1) is 0 Å². The molecule has 17 heavy (non-hydrogen) atoms. The maximum Gasteiger partial charge on any atom is 0.0328 e. The Balaban J connectivity index is 2.10. The molecule has 0 amide bonds. The van der Waals surface area contributed by atoms with E-state index in [4.69, 9.17) is 0 Å². The minimum Gasteiger partial charge on any atom is -0.307 e. The predicted molar refractivity (Wildman–Crippen MR) is 77.3 cm³/mol. The van der Waals surface area contributed by atoms with Crippen LogP contribution in [-0.2, 0) is 6.42 Å². The standard InChI is InChI=1S/C15H22BrN/c1-4-10(2)11(3)17-15-9-8-12-13(15)6-5-7-14(12)16/h5-7,10-11,15,17H,4,8-9H2,1-3H3. The number of fused-ring (bicyclic) bond motifs is 1. The number of benzene rings is 1. The Hall–Kier alpha value is -0.340. The molecule has 2 heteroatoms. The normalized spacial score (nSPS) is 22.2. The Morgan fingerprint density at radius 1 is 1.41 bits per heavy atom. The van der Waals surface area contributed by atoms with E-state index in [1.165, 1.54) is 34.9 Å². The van der Waals surface area contributed by atoms with Gasteiger partial charge >= 0.3 is 0 Å². The van der Waals surface area contributed by atoms with Gasteiger partial charge in [0.15, 0.2) is 0 Å². The summed E-state index contributed by atoms with van der Waals surface area (Å²) in [5.74, 6) is 0.742. The smallest absolute Gasteiger partial charge is 0.0328 e. The molecule has 2 rings (SSSR count). The van der Waals surface area contributed by atoms with Crippen LogP contribution < -0.4 is 5.32 Å². The Labute approximate surface area is 113 Å². The maximum atomic E-state index is 3.79. The molecule has 1 aliphatic rings. The van der Waals surface area contributed by atoms with Gasteiger partial charge in [-0.25, -0.2) is 0 Å². The molecule has 1 aromatic rings. The number of nitrogens with one attached hydrogen (secondary N) is 1. The lowest BCUT2D eigenvalue weighted by atomic mass is 9.99. The summed E-state index contributed by atoms with van der Waals surface area (Å²) in [4.78, 5) is 0. The molecule has 0 saturated heterocycles. The van der Waals surface area contributed by atoms with Gasteiger partial charge in [0.1, 0.15) is 0 Å². The molecule has 94 valence electrons. The van der Waals surface area contributed by atoms with Crippen LogP contribution in [0.5, 0.6) is 0 Å². The number of hydrogen-bond acceptors (Lipinski definition) is 1. The van der Waals surface area contributed by atoms with E-state index in [2.05, 4.69) is 60.2 Å². The quantitative estimate of drug-likeness (QED) is 0.865. The van der Waals surface area contributed by atoms with Crippen molar-refractivity contribution >= 4 is 15.9 Å². The second kappa shape index (κ2) is 5.53. The van der Waals surface area contributed by atoms with E-state index in [0.29, 0.717) is 12.1 Å². The molecule has 0 aromatic heterocycles. The Kier molecular flexibility index (Phi) is 4.26. The van der Waals surface area contributed by atoms with E-state index in [1.807, 2.05) is 0 Å². The highest BCUT2D eigenvalue weighted by Crippen LogP contribution is 2.36. The third-order valence-electron chi connectivity index (χ3n) is 4.18. The molecule has 3 atom stereocenters. The van der Waals surface area contributed by atoms with E-state index in [-0.39, 0.29) is 0 Å². The van der Waals surface area contributed by atoms with E-state index in [9.17, 15) is 0 Å². The molecule has 1 aliphatic carbocycles. The molecular formula is C15H22BrN. The molecule has 0 fully saturated rings. The summed E-state index contributed by atoms with van der Waals surface area (Å²) in [6.45, 7) is 6.90. The summed E-state index contributed by atoms with van der Waals surface area (Å²) < 4.78 is 1.27. The lowest BCUT2D eigenvalue weighted by molar-refractivity contribution is 0.349. The van der Waals surface area contributed by atoms with Crippen molar-refractivity contribution in [3.05, 3.63) is 33.8 Å². The van der Waals surface area contributed by atoms with E-state index < -0.39 is 0 Å². The van der Waals surface area contributed by atoms with Crippen molar-refractivity contribution in [2.45, 2.75) is 52.1 Å². The van der Waals surface area contributed by atoms with Crippen LogP contribution in [0.3, 0.4) is 0 Å². The van der Waals surface area contributed by atoms with Crippen LogP contribution in [0.1, 0.15) is 50.8 Å². The highest BCUT2D eigenvalue weighted by Gasteiger charge is 2.25. The third-order valence-corrected chi connectivity index (χ3v) is 4.92. The first-order valence-corrected chi connectivity index (χ1v) is 7.46. The molecule has 0 spiro atoms. The maximum absolute atomic E-state index is 3.79. The summed E-state index contributed by atoms with van der Waals surface area (Å²) in [5, 5.41) is 3.79. The second-order valence-electron chi connectivity index (χ2n) is 5.24. The highest BCUT2D eigenvalue weighted by atomic mass is 79.9. The fraction of sp³-hybridized carbons (Fsp3) is 0.600. The van der Waals surface area contributed by atoms with Crippen LogP contribution in [0.4, 0.5) is 0 Å². The van der Waals surface area contributed by atoms with Crippen molar-refractivity contribution in [2.24, 2.45) is 5.92 Å². The van der Waals surface area contributed by atoms with Crippen molar-refractivity contribution < 1.29 is 0 Å². The zero-order valence-electron chi connectivity index (χ0n) is 11.0. The summed E-state index contributed by atoms with van der Waals surface area (Å²) in [5.41, 5.74) is 3.00. The van der Waals surface area contributed by atoms with Crippen molar-refractivity contribution in [3.63, 3.8) is 0 Å². The van der Waals surface area contributed by atoms with Gasteiger partial charge in [0.25, 0.3) is 0 Å². The van der Waals surface area contributed by atoms with Gasteiger partial charge < -0.3 is 5.32 Å². The summed E-state index contributed by atoms with van der Waals surface area (Å²) in [7, 11) is 0. The van der Waals surface area contributed by atoms with Gasteiger partial charge in [0, 0.05) is 16.6 Å². The minimum absolute atomic E-state index is 0.548. The van der Waals surface area contributed by atoms with Crippen molar-refractivity contribution in [3.8, 4) is 0 Å². The average molecular weight is 296 g/mol. The Morgan fingerprint density at radius 3 is 2.88 bits per heavy atom. The molecule has 0 radical (unpaired) electrons. The fourth-order valence-electron chi connectivity index (χ4n) is 2.62. The van der Waals surface area contributed by atoms with Gasteiger partial charge in [-0.3, -0.25) is 0 Å². The van der Waals surface area contributed by atoms with Gasteiger partial charge in [0.05, 0.1) is 0 Å². The van der Waals surface area contributed by atoms with Crippen molar-refractivity contribution in [2.75, 3.05) is 0 Å². The average Bonchev–Trinajstić information content (AvgIpc) is 2.73. The minimum atomic E-state index is 0.548. The Bertz CT molecular complexity index is 389. The highest BCUT2D eigenvalue weighted by molar-refractivity contribution is 9.10. The number of rotatable bonds is 4. The van der Waals surface area contributed by atoms with Crippen LogP contribution >= 0.6 is 15.9 Å². The molecule has 0 heterocycles. The lowest BCUT2D eigenvalue weighted by Crippen LogP contribution is -2.34. The monoisotopic (exact) mass is 295 g/mol. The van der Waals surface area contributed by atoms with Crippen LogP contribution in [0.25, 0.3) is 0 Å². The molecule has 1 N–H and O–H groups in total. The first-order chi connectivity index (χ1) is 8.13. The largest absolute Gasteiger partial charge is 0.307 e. The molecule has 1 nitrogen and oxygen atoms in total. The zero-order chi connectivity index (χ0) is 12.4. The van der Waals surface area contributed by atoms with Crippen LogP contribution in [0.2, 0.25) is 0 Å². The first-order valence-electron chi connectivity index (χ1n) is 6.66. The van der Waals surface area contributed by atoms with Crippen LogP contribution in [0.15, 0.2) is 22.7 Å². The van der Waals surface area contributed by atoms with Crippen molar-refractivity contribution in [1.82, 2.24) is 5.32 Å². The topological polar surface area (TPSA) is 12.0 Å². The van der Waals surface area contributed by atoms with Gasteiger partial charge in [-0.05, 0) is 42.9 Å². The van der Waals surface area contributed by atoms with E-state index in [1.54, 1.807) is 0 Å². The van der Waals surface area contributed by atoms with E-state index in [0.717, 1.165) is 5.92 Å². The molecule has 0 saturated carbocycles. The zero-order valence-corrected chi connectivity index (χ0v) is 12.5. The van der Waals surface area contributed by atoms with Crippen LogP contribution in [0, 0.1) is 5.92 Å². The second-order valence-corrected chi connectivity index (χ2v) is 6.09. The first kappa shape index (κ1) is 13.1. The van der Waals surface area contributed by atoms with Crippen molar-refractivity contribution in [1.29, 1.82) is 0 Å². The SMILES string of the molecule is CCC(C)C(C)NC1CCc2c(Br)cccc21.